The van der Waals surface area contributed by atoms with Gasteiger partial charge in [0.25, 0.3) is 0 Å². The van der Waals surface area contributed by atoms with Gasteiger partial charge in [0.05, 0.1) is 18.4 Å². The van der Waals surface area contributed by atoms with E-state index in [-0.39, 0.29) is 17.2 Å². The van der Waals surface area contributed by atoms with Crippen molar-refractivity contribution in [2.24, 2.45) is 0 Å². The molecule has 2 aromatic rings. The molecular weight excluding hydrogens is 265 g/mol. The predicted octanol–water partition coefficient (Wildman–Crippen LogP) is 2.37. The monoisotopic (exact) mass is 277 g/mol. The molecule has 0 aliphatic carbocycles. The molecule has 0 fully saturated rings. The summed E-state index contributed by atoms with van der Waals surface area (Å²) in [7, 11) is 1.47. The number of carboxylic acids is 1. The van der Waals surface area contributed by atoms with Gasteiger partial charge in [0, 0.05) is 11.8 Å². The van der Waals surface area contributed by atoms with Crippen molar-refractivity contribution >= 4 is 17.6 Å². The molecule has 0 bridgehead atoms. The second-order valence-corrected chi connectivity index (χ2v) is 4.00. The number of ether oxygens (including phenoxy) is 1. The molecule has 0 atom stereocenters. The summed E-state index contributed by atoms with van der Waals surface area (Å²) in [6.07, 6.45) is 0. The highest BCUT2D eigenvalue weighted by molar-refractivity contribution is 5.88. The molecule has 0 amide bonds. The van der Waals surface area contributed by atoms with Crippen LogP contribution in [-0.4, -0.2) is 28.2 Å². The first-order chi connectivity index (χ1) is 9.49. The third-order valence-electron chi connectivity index (χ3n) is 2.50. The van der Waals surface area contributed by atoms with Gasteiger partial charge in [0.15, 0.2) is 0 Å². The zero-order chi connectivity index (χ0) is 14.7. The van der Waals surface area contributed by atoms with Gasteiger partial charge in [-0.15, -0.1) is 0 Å². The first kappa shape index (κ1) is 13.7. The maximum Gasteiger partial charge on any atom is 0.335 e. The standard InChI is InChI=1S/C13H12FN3O3/c1-7-5-11(20-2)17-13(15-7)16-10-4-3-8(12(18)19)6-9(10)14/h3-6H,1-2H3,(H,18,19)(H,15,16,17). The molecule has 0 saturated carbocycles. The molecule has 0 saturated heterocycles. The van der Waals surface area contributed by atoms with E-state index in [1.807, 2.05) is 0 Å². The molecule has 0 aliphatic rings. The molecule has 2 rings (SSSR count). The minimum Gasteiger partial charge on any atom is -0.481 e. The van der Waals surface area contributed by atoms with Crippen molar-refractivity contribution in [1.29, 1.82) is 0 Å². The van der Waals surface area contributed by atoms with Gasteiger partial charge in [-0.25, -0.2) is 14.2 Å². The number of hydrogen-bond donors (Lipinski definition) is 2. The number of aromatic nitrogens is 2. The first-order valence-electron chi connectivity index (χ1n) is 5.69. The van der Waals surface area contributed by atoms with E-state index in [1.54, 1.807) is 13.0 Å². The van der Waals surface area contributed by atoms with Crippen LogP contribution in [0.25, 0.3) is 0 Å². The molecule has 2 N–H and O–H groups in total. The summed E-state index contributed by atoms with van der Waals surface area (Å²) in [5, 5.41) is 11.5. The highest BCUT2D eigenvalue weighted by Gasteiger charge is 2.10. The topological polar surface area (TPSA) is 84.3 Å². The van der Waals surface area contributed by atoms with Crippen LogP contribution < -0.4 is 10.1 Å². The number of rotatable bonds is 4. The molecule has 104 valence electrons. The van der Waals surface area contributed by atoms with Crippen molar-refractivity contribution in [2.45, 2.75) is 6.92 Å². The second kappa shape index (κ2) is 5.52. The average molecular weight is 277 g/mol. The van der Waals surface area contributed by atoms with Crippen LogP contribution in [0.4, 0.5) is 16.0 Å². The lowest BCUT2D eigenvalue weighted by Gasteiger charge is -2.08. The third-order valence-corrected chi connectivity index (χ3v) is 2.50. The first-order valence-corrected chi connectivity index (χ1v) is 5.69. The Labute approximate surface area is 114 Å². The molecule has 0 spiro atoms. The lowest BCUT2D eigenvalue weighted by molar-refractivity contribution is 0.0696. The van der Waals surface area contributed by atoms with E-state index in [0.717, 1.165) is 6.07 Å². The number of anilines is 2. The number of benzene rings is 1. The number of halogens is 1. The largest absolute Gasteiger partial charge is 0.481 e. The minimum absolute atomic E-state index is 0.0858. The summed E-state index contributed by atoms with van der Waals surface area (Å²) in [6.45, 7) is 1.75. The Morgan fingerprint density at radius 2 is 2.10 bits per heavy atom. The number of aromatic carboxylic acids is 1. The number of methoxy groups -OCH3 is 1. The van der Waals surface area contributed by atoms with Crippen LogP contribution in [0.5, 0.6) is 5.88 Å². The van der Waals surface area contributed by atoms with Gasteiger partial charge >= 0.3 is 5.97 Å². The van der Waals surface area contributed by atoms with E-state index in [4.69, 9.17) is 9.84 Å². The summed E-state index contributed by atoms with van der Waals surface area (Å²) in [4.78, 5) is 18.8. The Balaban J connectivity index is 2.30. The molecule has 0 unspecified atom stereocenters. The molecule has 6 nitrogen and oxygen atoms in total. The lowest BCUT2D eigenvalue weighted by Crippen LogP contribution is -2.03. The van der Waals surface area contributed by atoms with Crippen LogP contribution in [0, 0.1) is 12.7 Å². The average Bonchev–Trinajstić information content (AvgIpc) is 2.40. The predicted molar refractivity (Wildman–Crippen MR) is 70.0 cm³/mol. The van der Waals surface area contributed by atoms with E-state index in [1.165, 1.54) is 19.2 Å². The van der Waals surface area contributed by atoms with Crippen LogP contribution >= 0.6 is 0 Å². The van der Waals surface area contributed by atoms with E-state index >= 15 is 0 Å². The molecular formula is C13H12FN3O3. The number of carbonyl (C=O) groups is 1. The number of nitrogens with zero attached hydrogens (tertiary/aromatic N) is 2. The number of hydrogen-bond acceptors (Lipinski definition) is 5. The van der Waals surface area contributed by atoms with Gasteiger partial charge in [-0.05, 0) is 25.1 Å². The summed E-state index contributed by atoms with van der Waals surface area (Å²) in [5.41, 5.74) is 0.611. The second-order valence-electron chi connectivity index (χ2n) is 4.00. The van der Waals surface area contributed by atoms with Crippen LogP contribution in [0.3, 0.4) is 0 Å². The zero-order valence-electron chi connectivity index (χ0n) is 10.8. The van der Waals surface area contributed by atoms with E-state index in [9.17, 15) is 9.18 Å². The van der Waals surface area contributed by atoms with Gasteiger partial charge in [-0.3, -0.25) is 0 Å². The molecule has 1 aromatic carbocycles. The van der Waals surface area contributed by atoms with Gasteiger partial charge in [0.2, 0.25) is 11.8 Å². The van der Waals surface area contributed by atoms with Crippen molar-refractivity contribution in [1.82, 2.24) is 9.97 Å². The Morgan fingerprint density at radius 1 is 1.35 bits per heavy atom. The fourth-order valence-corrected chi connectivity index (χ4v) is 1.57. The molecule has 20 heavy (non-hydrogen) atoms. The van der Waals surface area contributed by atoms with Crippen molar-refractivity contribution in [3.8, 4) is 5.88 Å². The maximum absolute atomic E-state index is 13.8. The third kappa shape index (κ3) is 3.00. The molecule has 0 radical (unpaired) electrons. The Kier molecular flexibility index (Phi) is 3.79. The highest BCUT2D eigenvalue weighted by atomic mass is 19.1. The quantitative estimate of drug-likeness (QED) is 0.892. The van der Waals surface area contributed by atoms with Crippen LogP contribution in [0.1, 0.15) is 16.1 Å². The minimum atomic E-state index is -1.19. The lowest BCUT2D eigenvalue weighted by atomic mass is 10.2. The van der Waals surface area contributed by atoms with Gasteiger partial charge < -0.3 is 15.2 Å². The zero-order valence-corrected chi connectivity index (χ0v) is 10.8. The number of nitrogens with one attached hydrogen (secondary N) is 1. The van der Waals surface area contributed by atoms with Gasteiger partial charge in [-0.2, -0.15) is 4.98 Å². The van der Waals surface area contributed by atoms with Crippen molar-refractivity contribution < 1.29 is 19.0 Å². The van der Waals surface area contributed by atoms with Crippen molar-refractivity contribution in [2.75, 3.05) is 12.4 Å². The summed E-state index contributed by atoms with van der Waals surface area (Å²) in [6, 6.07) is 5.17. The van der Waals surface area contributed by atoms with Crippen molar-refractivity contribution in [3.05, 3.63) is 41.3 Å². The van der Waals surface area contributed by atoms with E-state index in [2.05, 4.69) is 15.3 Å². The Bertz CT molecular complexity index is 661. The molecule has 1 heterocycles. The molecule has 7 heteroatoms. The summed E-state index contributed by atoms with van der Waals surface area (Å²) < 4.78 is 18.8. The molecule has 0 aliphatic heterocycles. The smallest absolute Gasteiger partial charge is 0.335 e. The summed E-state index contributed by atoms with van der Waals surface area (Å²) in [5.74, 6) is -1.37. The summed E-state index contributed by atoms with van der Waals surface area (Å²) >= 11 is 0. The van der Waals surface area contributed by atoms with Crippen LogP contribution in [0.2, 0.25) is 0 Å². The normalized spacial score (nSPS) is 10.2. The van der Waals surface area contributed by atoms with Gasteiger partial charge in [-0.1, -0.05) is 0 Å². The highest BCUT2D eigenvalue weighted by Crippen LogP contribution is 2.20. The Morgan fingerprint density at radius 3 is 2.70 bits per heavy atom. The van der Waals surface area contributed by atoms with Gasteiger partial charge in [0.1, 0.15) is 5.82 Å². The number of aryl methyl sites for hydroxylation is 1. The maximum atomic E-state index is 13.8. The van der Waals surface area contributed by atoms with E-state index in [0.29, 0.717) is 11.6 Å². The van der Waals surface area contributed by atoms with Crippen molar-refractivity contribution in [3.63, 3.8) is 0 Å². The van der Waals surface area contributed by atoms with Crippen LogP contribution in [0.15, 0.2) is 24.3 Å². The Hall–Kier alpha value is -2.70. The SMILES string of the molecule is COc1cc(C)nc(Nc2ccc(C(=O)O)cc2F)n1. The number of carboxylic acid groups (broad SMARTS) is 1. The fourth-order valence-electron chi connectivity index (χ4n) is 1.57. The fraction of sp³-hybridized carbons (Fsp3) is 0.154. The van der Waals surface area contributed by atoms with Crippen LogP contribution in [-0.2, 0) is 0 Å². The van der Waals surface area contributed by atoms with E-state index < -0.39 is 11.8 Å². The molecule has 1 aromatic heterocycles.